The first-order valence-corrected chi connectivity index (χ1v) is 12.0. The fourth-order valence-electron chi connectivity index (χ4n) is 3.04. The summed E-state index contributed by atoms with van der Waals surface area (Å²) in [5, 5.41) is 4.81. The average molecular weight is 455 g/mol. The van der Waals surface area contributed by atoms with Crippen LogP contribution in [0.2, 0.25) is 0 Å². The van der Waals surface area contributed by atoms with E-state index in [-0.39, 0.29) is 10.8 Å². The van der Waals surface area contributed by atoms with Crippen LogP contribution >= 0.6 is 11.3 Å². The van der Waals surface area contributed by atoms with E-state index in [0.29, 0.717) is 11.3 Å². The van der Waals surface area contributed by atoms with E-state index in [0.717, 1.165) is 16.2 Å². The molecule has 2 N–H and O–H groups in total. The zero-order chi connectivity index (χ0) is 22.2. The summed E-state index contributed by atoms with van der Waals surface area (Å²) in [6.07, 6.45) is 3.92. The highest BCUT2D eigenvalue weighted by Crippen LogP contribution is 2.23. The van der Waals surface area contributed by atoms with Crippen LogP contribution in [0.4, 0.5) is 5.69 Å². The van der Waals surface area contributed by atoms with Crippen LogP contribution in [-0.2, 0) is 10.0 Å². The summed E-state index contributed by atoms with van der Waals surface area (Å²) in [5.74, 6) is -0.317. The minimum Gasteiger partial charge on any atom is -0.322 e. The van der Waals surface area contributed by atoms with E-state index < -0.39 is 15.6 Å². The monoisotopic (exact) mass is 454 g/mol. The summed E-state index contributed by atoms with van der Waals surface area (Å²) in [7, 11) is -3.64. The van der Waals surface area contributed by atoms with Crippen LogP contribution in [-0.4, -0.2) is 29.2 Å². The molecule has 0 atom stereocenters. The number of thiazole rings is 1. The summed E-state index contributed by atoms with van der Waals surface area (Å²) in [6, 6.07) is 13.3. The number of aromatic nitrogens is 2. The highest BCUT2D eigenvalue weighted by molar-refractivity contribution is 7.89. The predicted molar refractivity (Wildman–Crippen MR) is 123 cm³/mol. The number of carbonyl (C=O) groups is 1. The Morgan fingerprint density at radius 1 is 1.03 bits per heavy atom. The number of amides is 1. The van der Waals surface area contributed by atoms with Crippen molar-refractivity contribution in [2.75, 3.05) is 5.32 Å². The van der Waals surface area contributed by atoms with Gasteiger partial charge in [-0.15, -0.1) is 11.3 Å². The van der Waals surface area contributed by atoms with Gasteiger partial charge < -0.3 is 5.32 Å². The van der Waals surface area contributed by atoms with Crippen LogP contribution in [0.5, 0.6) is 0 Å². The van der Waals surface area contributed by atoms with Gasteiger partial charge in [0.1, 0.15) is 0 Å². The maximum Gasteiger partial charge on any atom is 0.255 e. The molecule has 4 aromatic rings. The molecule has 0 fully saturated rings. The van der Waals surface area contributed by atoms with Crippen molar-refractivity contribution in [3.63, 3.8) is 0 Å². The van der Waals surface area contributed by atoms with Gasteiger partial charge in [0.15, 0.2) is 4.96 Å². The van der Waals surface area contributed by atoms with Gasteiger partial charge in [0.05, 0.1) is 10.6 Å². The van der Waals surface area contributed by atoms with Crippen molar-refractivity contribution < 1.29 is 13.2 Å². The largest absolute Gasteiger partial charge is 0.322 e. The molecule has 0 aliphatic rings. The highest BCUT2D eigenvalue weighted by Gasteiger charge is 2.22. The van der Waals surface area contributed by atoms with Gasteiger partial charge in [-0.3, -0.25) is 9.20 Å². The SMILES string of the molecule is CC(C)(C)NS(=O)(=O)c1ccc(C(=O)Nc2ccc(-c3cn4ccsc4n3)cc2)cc1. The summed E-state index contributed by atoms with van der Waals surface area (Å²) in [5.41, 5.74) is 2.24. The number of sulfonamides is 1. The summed E-state index contributed by atoms with van der Waals surface area (Å²) in [6.45, 7) is 5.31. The van der Waals surface area contributed by atoms with E-state index in [1.807, 2.05) is 46.4 Å². The number of benzene rings is 2. The molecule has 0 bridgehead atoms. The number of anilines is 1. The molecular weight excluding hydrogens is 432 g/mol. The summed E-state index contributed by atoms with van der Waals surface area (Å²) >= 11 is 1.57. The number of nitrogens with zero attached hydrogens (tertiary/aromatic N) is 2. The van der Waals surface area contributed by atoms with E-state index in [2.05, 4.69) is 15.0 Å². The first-order chi connectivity index (χ1) is 14.6. The van der Waals surface area contributed by atoms with Gasteiger partial charge in [-0.25, -0.2) is 18.1 Å². The van der Waals surface area contributed by atoms with Crippen molar-refractivity contribution in [2.45, 2.75) is 31.2 Å². The number of hydrogen-bond donors (Lipinski definition) is 2. The molecule has 9 heteroatoms. The number of hydrogen-bond acceptors (Lipinski definition) is 5. The number of fused-ring (bicyclic) bond motifs is 1. The molecule has 7 nitrogen and oxygen atoms in total. The lowest BCUT2D eigenvalue weighted by atomic mass is 10.1. The topological polar surface area (TPSA) is 92.6 Å². The minimum atomic E-state index is -3.64. The first kappa shape index (κ1) is 21.2. The smallest absolute Gasteiger partial charge is 0.255 e. The molecular formula is C22H22N4O3S2. The van der Waals surface area contributed by atoms with E-state index in [9.17, 15) is 13.2 Å². The van der Waals surface area contributed by atoms with Gasteiger partial charge in [0.2, 0.25) is 10.0 Å². The van der Waals surface area contributed by atoms with E-state index in [4.69, 9.17) is 0 Å². The number of carbonyl (C=O) groups excluding carboxylic acids is 1. The quantitative estimate of drug-likeness (QED) is 0.468. The van der Waals surface area contributed by atoms with Gasteiger partial charge in [-0.05, 0) is 57.2 Å². The van der Waals surface area contributed by atoms with Crippen LogP contribution < -0.4 is 10.0 Å². The zero-order valence-corrected chi connectivity index (χ0v) is 18.9. The molecule has 31 heavy (non-hydrogen) atoms. The van der Waals surface area contributed by atoms with Crippen LogP contribution in [0.15, 0.2) is 71.2 Å². The van der Waals surface area contributed by atoms with Gasteiger partial charge in [-0.1, -0.05) is 12.1 Å². The van der Waals surface area contributed by atoms with Crippen molar-refractivity contribution in [3.8, 4) is 11.3 Å². The van der Waals surface area contributed by atoms with Gasteiger partial charge >= 0.3 is 0 Å². The Labute approximate surface area is 184 Å². The zero-order valence-electron chi connectivity index (χ0n) is 17.3. The number of imidazole rings is 1. The predicted octanol–water partition coefficient (Wildman–Crippen LogP) is 4.39. The lowest BCUT2D eigenvalue weighted by Crippen LogP contribution is -2.40. The Bertz CT molecular complexity index is 1300. The van der Waals surface area contributed by atoms with Gasteiger partial charge in [0, 0.05) is 40.1 Å². The maximum atomic E-state index is 12.6. The van der Waals surface area contributed by atoms with E-state index >= 15 is 0 Å². The highest BCUT2D eigenvalue weighted by atomic mass is 32.2. The molecule has 1 amide bonds. The molecule has 2 aromatic heterocycles. The summed E-state index contributed by atoms with van der Waals surface area (Å²) < 4.78 is 29.3. The average Bonchev–Trinajstić information content (AvgIpc) is 3.29. The Kier molecular flexibility index (Phi) is 5.42. The molecule has 2 heterocycles. The maximum absolute atomic E-state index is 12.6. The Morgan fingerprint density at radius 2 is 1.71 bits per heavy atom. The normalized spacial score (nSPS) is 12.2. The molecule has 0 saturated heterocycles. The Hall–Kier alpha value is -3.01. The van der Waals surface area contributed by atoms with Gasteiger partial charge in [0.25, 0.3) is 5.91 Å². The minimum absolute atomic E-state index is 0.114. The molecule has 0 saturated carbocycles. The third kappa shape index (κ3) is 4.84. The van der Waals surface area contributed by atoms with Crippen LogP contribution in [0.25, 0.3) is 16.2 Å². The van der Waals surface area contributed by atoms with E-state index in [1.54, 1.807) is 32.1 Å². The molecule has 0 spiro atoms. The Balaban J connectivity index is 1.45. The van der Waals surface area contributed by atoms with Gasteiger partial charge in [-0.2, -0.15) is 0 Å². The lowest BCUT2D eigenvalue weighted by Gasteiger charge is -2.20. The second kappa shape index (κ2) is 7.92. The molecule has 0 aliphatic heterocycles. The fraction of sp³-hybridized carbons (Fsp3) is 0.182. The van der Waals surface area contributed by atoms with Crippen molar-refractivity contribution >= 4 is 37.9 Å². The third-order valence-corrected chi connectivity index (χ3v) is 6.94. The second-order valence-corrected chi connectivity index (χ2v) is 10.7. The molecule has 160 valence electrons. The van der Waals surface area contributed by atoms with Crippen LogP contribution in [0.1, 0.15) is 31.1 Å². The fourth-order valence-corrected chi connectivity index (χ4v) is 5.16. The number of nitrogens with one attached hydrogen (secondary N) is 2. The van der Waals surface area contributed by atoms with Crippen molar-refractivity contribution in [1.29, 1.82) is 0 Å². The third-order valence-electron chi connectivity index (χ3n) is 4.40. The number of rotatable bonds is 5. The van der Waals surface area contributed by atoms with Crippen molar-refractivity contribution in [3.05, 3.63) is 71.9 Å². The second-order valence-electron chi connectivity index (χ2n) is 8.13. The van der Waals surface area contributed by atoms with Crippen LogP contribution in [0.3, 0.4) is 0 Å². The molecule has 0 radical (unpaired) electrons. The molecule has 2 aromatic carbocycles. The first-order valence-electron chi connectivity index (χ1n) is 9.59. The standard InChI is InChI=1S/C22H22N4O3S2/c1-22(2,3)25-31(28,29)18-10-6-16(7-11-18)20(27)23-17-8-4-15(5-9-17)19-14-26-12-13-30-21(26)24-19/h4-14,25H,1-3H3,(H,23,27). The van der Waals surface area contributed by atoms with Crippen LogP contribution in [0, 0.1) is 0 Å². The summed E-state index contributed by atoms with van der Waals surface area (Å²) in [4.78, 5) is 18.2. The lowest BCUT2D eigenvalue weighted by molar-refractivity contribution is 0.102. The van der Waals surface area contributed by atoms with E-state index in [1.165, 1.54) is 24.3 Å². The Morgan fingerprint density at radius 3 is 2.32 bits per heavy atom. The molecule has 0 aliphatic carbocycles. The van der Waals surface area contributed by atoms with Crippen molar-refractivity contribution in [1.82, 2.24) is 14.1 Å². The van der Waals surface area contributed by atoms with Crippen molar-refractivity contribution in [2.24, 2.45) is 0 Å². The molecule has 4 rings (SSSR count). The molecule has 0 unspecified atom stereocenters.